The predicted molar refractivity (Wildman–Crippen MR) is 92.0 cm³/mol. The highest BCUT2D eigenvalue weighted by Crippen LogP contribution is 2.43. The van der Waals surface area contributed by atoms with Gasteiger partial charge in [-0.25, -0.2) is 14.3 Å². The van der Waals surface area contributed by atoms with Crippen LogP contribution < -0.4 is 4.90 Å². The van der Waals surface area contributed by atoms with Gasteiger partial charge in [0.15, 0.2) is 5.82 Å². The molecule has 0 N–H and O–H groups in total. The van der Waals surface area contributed by atoms with Gasteiger partial charge in [-0.1, -0.05) is 18.5 Å². The molecule has 2 amide bonds. The number of benzene rings is 1. The standard InChI is InChI=1S/C17H14ClFN2O2S/c1-2-12-20-13-10(18)7-11(19)14(15(13)24-12)21-16(22)8-5-3-4-6-9(8)17(21)23/h7H,2-6H2,1H3. The number of fused-ring (bicyclic) bond motifs is 1. The molecule has 24 heavy (non-hydrogen) atoms. The summed E-state index contributed by atoms with van der Waals surface area (Å²) in [5.41, 5.74) is 1.51. The summed E-state index contributed by atoms with van der Waals surface area (Å²) in [7, 11) is 0. The third-order valence-electron chi connectivity index (χ3n) is 4.51. The van der Waals surface area contributed by atoms with Crippen LogP contribution in [0.15, 0.2) is 17.2 Å². The van der Waals surface area contributed by atoms with Gasteiger partial charge in [0.2, 0.25) is 0 Å². The highest BCUT2D eigenvalue weighted by molar-refractivity contribution is 7.19. The Balaban J connectivity index is 1.93. The molecular formula is C17H14ClFN2O2S. The molecule has 2 heterocycles. The average Bonchev–Trinajstić information content (AvgIpc) is 3.11. The number of hydrogen-bond acceptors (Lipinski definition) is 4. The van der Waals surface area contributed by atoms with E-state index in [9.17, 15) is 14.0 Å². The Morgan fingerprint density at radius 1 is 1.25 bits per heavy atom. The van der Waals surface area contributed by atoms with E-state index in [1.54, 1.807) is 0 Å². The van der Waals surface area contributed by atoms with Gasteiger partial charge < -0.3 is 0 Å². The number of rotatable bonds is 2. The molecule has 0 fully saturated rings. The first-order chi connectivity index (χ1) is 11.5. The van der Waals surface area contributed by atoms with E-state index in [0.29, 0.717) is 40.6 Å². The topological polar surface area (TPSA) is 50.3 Å². The first kappa shape index (κ1) is 15.7. The number of thiazole rings is 1. The van der Waals surface area contributed by atoms with E-state index in [-0.39, 0.29) is 10.7 Å². The van der Waals surface area contributed by atoms with Crippen LogP contribution in [0, 0.1) is 5.82 Å². The number of amides is 2. The number of hydrogen-bond donors (Lipinski definition) is 0. The largest absolute Gasteiger partial charge is 0.269 e. The Labute approximate surface area is 146 Å². The number of nitrogens with zero attached hydrogens (tertiary/aromatic N) is 2. The Hall–Kier alpha value is -1.79. The van der Waals surface area contributed by atoms with Crippen molar-refractivity contribution in [1.82, 2.24) is 4.98 Å². The summed E-state index contributed by atoms with van der Waals surface area (Å²) in [6, 6.07) is 1.14. The number of imide groups is 1. The summed E-state index contributed by atoms with van der Waals surface area (Å²) >= 11 is 7.39. The molecule has 0 spiro atoms. The smallest absolute Gasteiger partial charge is 0.261 e. The van der Waals surface area contributed by atoms with Crippen LogP contribution in [0.5, 0.6) is 0 Å². The fraction of sp³-hybridized carbons (Fsp3) is 0.353. The fourth-order valence-electron chi connectivity index (χ4n) is 3.35. The summed E-state index contributed by atoms with van der Waals surface area (Å²) in [5, 5.41) is 0.981. The lowest BCUT2D eigenvalue weighted by molar-refractivity contribution is -0.120. The zero-order valence-electron chi connectivity index (χ0n) is 13.0. The van der Waals surface area contributed by atoms with E-state index in [1.807, 2.05) is 6.92 Å². The van der Waals surface area contributed by atoms with Crippen LogP contribution in [-0.4, -0.2) is 16.8 Å². The molecule has 7 heteroatoms. The van der Waals surface area contributed by atoms with Crippen LogP contribution >= 0.6 is 22.9 Å². The summed E-state index contributed by atoms with van der Waals surface area (Å²) in [5.74, 6) is -1.47. The molecule has 1 aliphatic heterocycles. The van der Waals surface area contributed by atoms with Crippen molar-refractivity contribution in [2.75, 3.05) is 4.90 Å². The van der Waals surface area contributed by atoms with Crippen LogP contribution in [-0.2, 0) is 16.0 Å². The van der Waals surface area contributed by atoms with E-state index in [0.717, 1.165) is 28.8 Å². The van der Waals surface area contributed by atoms with Gasteiger partial charge in [0.1, 0.15) is 11.2 Å². The lowest BCUT2D eigenvalue weighted by Crippen LogP contribution is -2.32. The van der Waals surface area contributed by atoms with Crippen LogP contribution in [0.2, 0.25) is 5.02 Å². The van der Waals surface area contributed by atoms with E-state index in [1.165, 1.54) is 11.3 Å². The third-order valence-corrected chi connectivity index (χ3v) is 6.00. The Bertz CT molecular complexity index is 906. The average molecular weight is 365 g/mol. The fourth-order valence-corrected chi connectivity index (χ4v) is 4.69. The summed E-state index contributed by atoms with van der Waals surface area (Å²) in [4.78, 5) is 30.9. The summed E-state index contributed by atoms with van der Waals surface area (Å²) < 4.78 is 15.2. The lowest BCUT2D eigenvalue weighted by Gasteiger charge is -2.17. The number of carbonyl (C=O) groups is 2. The molecule has 4 nitrogen and oxygen atoms in total. The maximum Gasteiger partial charge on any atom is 0.261 e. The van der Waals surface area contributed by atoms with Crippen molar-refractivity contribution in [2.45, 2.75) is 39.0 Å². The zero-order valence-corrected chi connectivity index (χ0v) is 14.6. The Morgan fingerprint density at radius 2 is 1.88 bits per heavy atom. The predicted octanol–water partition coefficient (Wildman–Crippen LogP) is 4.40. The minimum atomic E-state index is -0.666. The van der Waals surface area contributed by atoms with Gasteiger partial charge in [-0.15, -0.1) is 11.3 Å². The first-order valence-electron chi connectivity index (χ1n) is 7.91. The monoisotopic (exact) mass is 364 g/mol. The number of aryl methyl sites for hydroxylation is 1. The molecule has 0 saturated heterocycles. The van der Waals surface area contributed by atoms with Gasteiger partial charge in [0, 0.05) is 11.1 Å². The molecule has 2 aromatic rings. The van der Waals surface area contributed by atoms with Gasteiger partial charge in [-0.3, -0.25) is 9.59 Å². The molecule has 0 atom stereocenters. The molecule has 1 aromatic carbocycles. The van der Waals surface area contributed by atoms with Crippen molar-refractivity contribution in [3.63, 3.8) is 0 Å². The van der Waals surface area contributed by atoms with Crippen molar-refractivity contribution in [3.05, 3.63) is 33.1 Å². The van der Waals surface area contributed by atoms with Crippen LogP contribution in [0.1, 0.15) is 37.6 Å². The van der Waals surface area contributed by atoms with Crippen molar-refractivity contribution in [2.24, 2.45) is 0 Å². The van der Waals surface area contributed by atoms with E-state index >= 15 is 0 Å². The minimum absolute atomic E-state index is 0.00370. The molecule has 1 aromatic heterocycles. The van der Waals surface area contributed by atoms with Gasteiger partial charge in [0.25, 0.3) is 11.8 Å². The van der Waals surface area contributed by atoms with Crippen molar-refractivity contribution >= 4 is 50.7 Å². The van der Waals surface area contributed by atoms with Crippen LogP contribution in [0.3, 0.4) is 0 Å². The maximum absolute atomic E-state index is 14.7. The number of aromatic nitrogens is 1. The molecule has 0 bridgehead atoms. The Morgan fingerprint density at radius 3 is 2.46 bits per heavy atom. The van der Waals surface area contributed by atoms with Crippen LogP contribution in [0.4, 0.5) is 10.1 Å². The molecule has 124 valence electrons. The van der Waals surface area contributed by atoms with Gasteiger partial charge in [-0.2, -0.15) is 0 Å². The minimum Gasteiger partial charge on any atom is -0.269 e. The van der Waals surface area contributed by atoms with Gasteiger partial charge >= 0.3 is 0 Å². The molecule has 0 saturated carbocycles. The zero-order chi connectivity index (χ0) is 17.0. The number of halogens is 2. The van der Waals surface area contributed by atoms with E-state index in [2.05, 4.69) is 4.98 Å². The molecule has 2 aliphatic rings. The molecule has 1 aliphatic carbocycles. The number of carbonyl (C=O) groups excluding carboxylic acids is 2. The highest BCUT2D eigenvalue weighted by Gasteiger charge is 2.42. The summed E-state index contributed by atoms with van der Waals surface area (Å²) in [6.07, 6.45) is 3.60. The second kappa shape index (κ2) is 5.63. The third kappa shape index (κ3) is 2.13. The molecule has 0 unspecified atom stereocenters. The SMILES string of the molecule is CCc1nc2c(Cl)cc(F)c(N3C(=O)C4=C(CCCC4)C3=O)c2s1. The van der Waals surface area contributed by atoms with E-state index in [4.69, 9.17) is 11.6 Å². The molecular weight excluding hydrogens is 351 g/mol. The van der Waals surface area contributed by atoms with Crippen molar-refractivity contribution in [3.8, 4) is 0 Å². The quantitative estimate of drug-likeness (QED) is 0.742. The lowest BCUT2D eigenvalue weighted by atomic mass is 9.93. The second-order valence-corrected chi connectivity index (χ2v) is 7.43. The van der Waals surface area contributed by atoms with Crippen molar-refractivity contribution in [1.29, 1.82) is 0 Å². The van der Waals surface area contributed by atoms with Gasteiger partial charge in [-0.05, 0) is 38.2 Å². The molecule has 4 rings (SSSR count). The molecule has 0 radical (unpaired) electrons. The first-order valence-corrected chi connectivity index (χ1v) is 9.10. The second-order valence-electron chi connectivity index (χ2n) is 5.94. The number of anilines is 1. The van der Waals surface area contributed by atoms with Gasteiger partial charge in [0.05, 0.1) is 14.7 Å². The highest BCUT2D eigenvalue weighted by atomic mass is 35.5. The summed E-state index contributed by atoms with van der Waals surface area (Å²) in [6.45, 7) is 1.94. The van der Waals surface area contributed by atoms with E-state index < -0.39 is 17.6 Å². The Kier molecular flexibility index (Phi) is 3.69. The van der Waals surface area contributed by atoms with Crippen LogP contribution in [0.25, 0.3) is 10.2 Å². The van der Waals surface area contributed by atoms with Crippen molar-refractivity contribution < 1.29 is 14.0 Å². The maximum atomic E-state index is 14.7. The normalized spacial score (nSPS) is 18.0.